The molecule has 0 amide bonds. The number of anilines is 1. The van der Waals surface area contributed by atoms with Gasteiger partial charge in [0.05, 0.1) is 0 Å². The molecule has 2 aliphatic carbocycles. The molecule has 0 spiro atoms. The van der Waals surface area contributed by atoms with Crippen molar-refractivity contribution in [2.24, 2.45) is 11.8 Å². The van der Waals surface area contributed by atoms with Crippen LogP contribution in [0.2, 0.25) is 0 Å². The van der Waals surface area contributed by atoms with E-state index in [1.54, 1.807) is 0 Å². The van der Waals surface area contributed by atoms with E-state index < -0.39 is 0 Å². The molecule has 3 aromatic carbocycles. The minimum atomic E-state index is 0.755. The highest BCUT2D eigenvalue weighted by Gasteiger charge is 2.46. The molecule has 3 aromatic rings. The van der Waals surface area contributed by atoms with Crippen LogP contribution in [0, 0.1) is 11.8 Å². The van der Waals surface area contributed by atoms with Crippen LogP contribution >= 0.6 is 0 Å². The van der Waals surface area contributed by atoms with Crippen LogP contribution in [-0.2, 0) is 0 Å². The Hall–Kier alpha value is -2.54. The molecule has 2 saturated heterocycles. The fourth-order valence-electron chi connectivity index (χ4n) is 6.31. The monoisotopic (exact) mass is 365 g/mol. The molecular formula is C27H27N. The minimum Gasteiger partial charge on any atom is -0.365 e. The molecule has 140 valence electrons. The fourth-order valence-corrected chi connectivity index (χ4v) is 6.31. The number of hydrogen-bond acceptors (Lipinski definition) is 1. The number of benzene rings is 3. The molecule has 0 aromatic heterocycles. The summed E-state index contributed by atoms with van der Waals surface area (Å²) in [5.41, 5.74) is 6.74. The lowest BCUT2D eigenvalue weighted by Gasteiger charge is -2.57. The van der Waals surface area contributed by atoms with Gasteiger partial charge >= 0.3 is 0 Å². The van der Waals surface area contributed by atoms with Gasteiger partial charge in [0.2, 0.25) is 0 Å². The van der Waals surface area contributed by atoms with Crippen LogP contribution < -0.4 is 4.90 Å². The topological polar surface area (TPSA) is 3.24 Å². The first-order valence-corrected chi connectivity index (χ1v) is 10.9. The fraction of sp³-hybridized carbons (Fsp3) is 0.333. The van der Waals surface area contributed by atoms with E-state index in [4.69, 9.17) is 0 Å². The number of nitrogens with zero attached hydrogens (tertiary/aromatic N) is 1. The average molecular weight is 366 g/mol. The van der Waals surface area contributed by atoms with Gasteiger partial charge < -0.3 is 4.90 Å². The van der Waals surface area contributed by atoms with Gasteiger partial charge in [0.15, 0.2) is 0 Å². The van der Waals surface area contributed by atoms with Crippen molar-refractivity contribution in [1.82, 2.24) is 0 Å². The highest BCUT2D eigenvalue weighted by Crippen LogP contribution is 2.51. The average Bonchev–Trinajstić information content (AvgIpc) is 2.74. The first-order valence-electron chi connectivity index (χ1n) is 10.9. The molecule has 1 heteroatoms. The highest BCUT2D eigenvalue weighted by atomic mass is 15.2. The minimum absolute atomic E-state index is 0.755. The smallest absolute Gasteiger partial charge is 0.0383 e. The first-order chi connectivity index (χ1) is 13.8. The van der Waals surface area contributed by atoms with Gasteiger partial charge in [-0.05, 0) is 84.4 Å². The van der Waals surface area contributed by atoms with E-state index in [1.807, 2.05) is 0 Å². The van der Waals surface area contributed by atoms with Gasteiger partial charge in [-0.25, -0.2) is 0 Å². The molecular weight excluding hydrogens is 338 g/mol. The van der Waals surface area contributed by atoms with Crippen LogP contribution in [0.15, 0.2) is 78.9 Å². The molecule has 2 aliphatic heterocycles. The van der Waals surface area contributed by atoms with E-state index in [1.165, 1.54) is 60.0 Å². The highest BCUT2D eigenvalue weighted by molar-refractivity contribution is 5.78. The van der Waals surface area contributed by atoms with E-state index in [-0.39, 0.29) is 0 Å². The number of rotatable bonds is 3. The molecule has 0 unspecified atom stereocenters. The van der Waals surface area contributed by atoms with Crippen molar-refractivity contribution in [3.8, 4) is 22.3 Å². The summed E-state index contributed by atoms with van der Waals surface area (Å²) in [5, 5.41) is 0. The molecule has 7 rings (SSSR count). The molecule has 0 atom stereocenters. The Labute approximate surface area is 168 Å². The number of hydrogen-bond donors (Lipinski definition) is 0. The van der Waals surface area contributed by atoms with Crippen molar-refractivity contribution >= 4 is 5.69 Å². The Morgan fingerprint density at radius 3 is 1.43 bits per heavy atom. The molecule has 0 radical (unpaired) electrons. The van der Waals surface area contributed by atoms with Crippen LogP contribution in [0.25, 0.3) is 22.3 Å². The van der Waals surface area contributed by atoms with Crippen LogP contribution in [-0.4, -0.2) is 12.1 Å². The molecule has 28 heavy (non-hydrogen) atoms. The summed E-state index contributed by atoms with van der Waals surface area (Å²) in [5.74, 6) is 1.98. The summed E-state index contributed by atoms with van der Waals surface area (Å²) in [7, 11) is 0. The van der Waals surface area contributed by atoms with Crippen LogP contribution in [0.5, 0.6) is 0 Å². The summed E-state index contributed by atoms with van der Waals surface area (Å²) in [4.78, 5) is 2.81. The van der Waals surface area contributed by atoms with E-state index >= 15 is 0 Å². The predicted molar refractivity (Wildman–Crippen MR) is 117 cm³/mol. The van der Waals surface area contributed by atoms with E-state index in [0.717, 1.165) is 23.9 Å². The van der Waals surface area contributed by atoms with Gasteiger partial charge in [-0.1, -0.05) is 60.7 Å². The third-order valence-electron chi connectivity index (χ3n) is 7.31. The molecule has 1 nitrogen and oxygen atoms in total. The van der Waals surface area contributed by atoms with Crippen molar-refractivity contribution < 1.29 is 0 Å². The molecule has 2 saturated carbocycles. The summed E-state index contributed by atoms with van der Waals surface area (Å²) >= 11 is 0. The Morgan fingerprint density at radius 2 is 0.964 bits per heavy atom. The number of piperidine rings is 2. The zero-order valence-corrected chi connectivity index (χ0v) is 16.3. The Bertz CT molecular complexity index is 890. The maximum atomic E-state index is 2.81. The SMILES string of the molecule is c1ccc(-c2cc(-c3ccccc3)cc(N3C4CC5CC(C4)CC3C5)c2)cc1. The van der Waals surface area contributed by atoms with Crippen LogP contribution in [0.4, 0.5) is 5.69 Å². The van der Waals surface area contributed by atoms with Gasteiger partial charge in [-0.15, -0.1) is 0 Å². The zero-order valence-electron chi connectivity index (χ0n) is 16.3. The van der Waals surface area contributed by atoms with Gasteiger partial charge in [0, 0.05) is 17.8 Å². The van der Waals surface area contributed by atoms with Gasteiger partial charge in [0.1, 0.15) is 0 Å². The second-order valence-corrected chi connectivity index (χ2v) is 9.13. The molecule has 2 heterocycles. The van der Waals surface area contributed by atoms with Crippen LogP contribution in [0.1, 0.15) is 32.1 Å². The molecule has 4 aliphatic rings. The zero-order chi connectivity index (χ0) is 18.5. The maximum Gasteiger partial charge on any atom is 0.0383 e. The summed E-state index contributed by atoms with van der Waals surface area (Å²) < 4.78 is 0. The van der Waals surface area contributed by atoms with Crippen LogP contribution in [0.3, 0.4) is 0 Å². The first kappa shape index (κ1) is 16.4. The molecule has 4 fully saturated rings. The summed E-state index contributed by atoms with van der Waals surface area (Å²) in [6, 6.07) is 30.5. The van der Waals surface area contributed by atoms with Gasteiger partial charge in [0.25, 0.3) is 0 Å². The van der Waals surface area contributed by atoms with Crippen molar-refractivity contribution in [1.29, 1.82) is 0 Å². The second kappa shape index (κ2) is 6.51. The summed E-state index contributed by atoms with van der Waals surface area (Å²) in [6.07, 6.45) is 7.12. The van der Waals surface area contributed by atoms with E-state index in [0.29, 0.717) is 0 Å². The van der Waals surface area contributed by atoms with Crippen molar-refractivity contribution in [3.63, 3.8) is 0 Å². The van der Waals surface area contributed by atoms with E-state index in [9.17, 15) is 0 Å². The van der Waals surface area contributed by atoms with Gasteiger partial charge in [-0.2, -0.15) is 0 Å². The Balaban J connectivity index is 1.48. The largest absolute Gasteiger partial charge is 0.365 e. The van der Waals surface area contributed by atoms with Crippen molar-refractivity contribution in [3.05, 3.63) is 78.9 Å². The standard InChI is InChI=1S/C27H27N/c1-3-7-21(8-4-1)23-16-24(22-9-5-2-6-10-22)18-27(17-23)28-25-12-19-11-20(14-25)15-26(28)13-19/h1-10,16-20,25-26H,11-15H2. The van der Waals surface area contributed by atoms with E-state index in [2.05, 4.69) is 83.8 Å². The Kier molecular flexibility index (Phi) is 3.82. The molecule has 0 N–H and O–H groups in total. The predicted octanol–water partition coefficient (Wildman–Crippen LogP) is 6.79. The van der Waals surface area contributed by atoms with Gasteiger partial charge in [-0.3, -0.25) is 0 Å². The van der Waals surface area contributed by atoms with Crippen molar-refractivity contribution in [2.45, 2.75) is 44.2 Å². The Morgan fingerprint density at radius 1 is 0.500 bits per heavy atom. The molecule has 4 bridgehead atoms. The normalized spacial score (nSPS) is 27.9. The second-order valence-electron chi connectivity index (χ2n) is 9.13. The summed E-state index contributed by atoms with van der Waals surface area (Å²) in [6.45, 7) is 0. The quantitative estimate of drug-likeness (QED) is 0.494. The third kappa shape index (κ3) is 2.76. The third-order valence-corrected chi connectivity index (χ3v) is 7.31. The lowest BCUT2D eigenvalue weighted by molar-refractivity contribution is 0.0900. The van der Waals surface area contributed by atoms with Crippen molar-refractivity contribution in [2.75, 3.05) is 4.90 Å². The lowest BCUT2D eigenvalue weighted by Crippen LogP contribution is -2.58. The lowest BCUT2D eigenvalue weighted by atomic mass is 9.63. The maximum absolute atomic E-state index is 2.81.